The van der Waals surface area contributed by atoms with Crippen LogP contribution in [0.25, 0.3) is 0 Å². The van der Waals surface area contributed by atoms with Crippen molar-refractivity contribution < 1.29 is 14.0 Å². The maximum Gasteiger partial charge on any atom is 0.254 e. The number of benzene rings is 2. The van der Waals surface area contributed by atoms with Crippen LogP contribution in [0.4, 0.5) is 4.39 Å². The van der Waals surface area contributed by atoms with Crippen molar-refractivity contribution in [1.82, 2.24) is 9.80 Å². The summed E-state index contributed by atoms with van der Waals surface area (Å²) in [5.41, 5.74) is 2.24. The summed E-state index contributed by atoms with van der Waals surface area (Å²) in [4.78, 5) is 29.7. The van der Waals surface area contributed by atoms with Crippen molar-refractivity contribution in [1.29, 1.82) is 0 Å². The van der Waals surface area contributed by atoms with E-state index in [2.05, 4.69) is 0 Å². The highest BCUT2D eigenvalue weighted by atomic mass is 19.1. The van der Waals surface area contributed by atoms with Crippen molar-refractivity contribution in [3.63, 3.8) is 0 Å². The first-order valence-corrected chi connectivity index (χ1v) is 9.43. The van der Waals surface area contributed by atoms with Gasteiger partial charge in [-0.2, -0.15) is 0 Å². The third kappa shape index (κ3) is 3.46. The third-order valence-electron chi connectivity index (χ3n) is 5.70. The first-order valence-electron chi connectivity index (χ1n) is 9.43. The van der Waals surface area contributed by atoms with Gasteiger partial charge in [0, 0.05) is 31.2 Å². The molecule has 2 atom stereocenters. The average Bonchev–Trinajstić information content (AvgIpc) is 2.95. The van der Waals surface area contributed by atoms with E-state index in [-0.39, 0.29) is 29.6 Å². The fourth-order valence-electron chi connectivity index (χ4n) is 4.23. The Labute approximate surface area is 158 Å². The number of aryl methyl sites for hydroxylation is 1. The monoisotopic (exact) mass is 366 g/mol. The Morgan fingerprint density at radius 1 is 1.11 bits per heavy atom. The Morgan fingerprint density at radius 2 is 1.89 bits per heavy atom. The smallest absolute Gasteiger partial charge is 0.254 e. The number of piperidine rings is 1. The van der Waals surface area contributed by atoms with Crippen LogP contribution in [-0.4, -0.2) is 40.7 Å². The summed E-state index contributed by atoms with van der Waals surface area (Å²) in [5.74, 6) is -0.471. The summed E-state index contributed by atoms with van der Waals surface area (Å²) < 4.78 is 13.4. The molecule has 2 aromatic carbocycles. The molecule has 27 heavy (non-hydrogen) atoms. The fraction of sp³-hybridized carbons (Fsp3) is 0.364. The van der Waals surface area contributed by atoms with Gasteiger partial charge in [-0.05, 0) is 49.1 Å². The zero-order valence-corrected chi connectivity index (χ0v) is 15.4. The molecule has 2 bridgehead atoms. The standard InChI is InChI=1S/C22H23FN2O2/c1-15-11-18(23)8-10-20(15)22(27)24-13-17-7-9-19(14-24)25(21(17)26)12-16-5-3-2-4-6-16/h2-6,8,10-11,17,19H,7,9,12-14H2,1H3/t17-,19+/m1/s1. The Morgan fingerprint density at radius 3 is 2.63 bits per heavy atom. The second-order valence-electron chi connectivity index (χ2n) is 7.55. The van der Waals surface area contributed by atoms with Crippen LogP contribution in [0.15, 0.2) is 48.5 Å². The lowest BCUT2D eigenvalue weighted by Gasteiger charge is -2.36. The van der Waals surface area contributed by atoms with Gasteiger partial charge in [0.05, 0.1) is 5.92 Å². The van der Waals surface area contributed by atoms with Crippen LogP contribution in [0.3, 0.4) is 0 Å². The molecule has 140 valence electrons. The number of fused-ring (bicyclic) bond motifs is 4. The molecule has 0 aromatic heterocycles. The number of halogens is 1. The van der Waals surface area contributed by atoms with E-state index in [1.165, 1.54) is 12.1 Å². The largest absolute Gasteiger partial charge is 0.336 e. The predicted molar refractivity (Wildman–Crippen MR) is 101 cm³/mol. The molecule has 5 heteroatoms. The summed E-state index contributed by atoms with van der Waals surface area (Å²) in [6.07, 6.45) is 1.73. The number of carbonyl (C=O) groups is 2. The number of hydrogen-bond donors (Lipinski definition) is 0. The molecule has 0 unspecified atom stereocenters. The maximum atomic E-state index is 13.4. The predicted octanol–water partition coefficient (Wildman–Crippen LogP) is 3.40. The molecular formula is C22H23FN2O2. The van der Waals surface area contributed by atoms with Crippen LogP contribution in [0.5, 0.6) is 0 Å². The minimum atomic E-state index is -0.343. The van der Waals surface area contributed by atoms with Crippen LogP contribution in [0.1, 0.15) is 34.3 Å². The molecule has 0 spiro atoms. The van der Waals surface area contributed by atoms with Gasteiger partial charge in [-0.25, -0.2) is 4.39 Å². The summed E-state index contributed by atoms with van der Waals surface area (Å²) in [5, 5.41) is 0. The first kappa shape index (κ1) is 17.7. The van der Waals surface area contributed by atoms with Crippen molar-refractivity contribution in [3.05, 3.63) is 71.0 Å². The first-order chi connectivity index (χ1) is 13.0. The van der Waals surface area contributed by atoms with Gasteiger partial charge in [0.2, 0.25) is 5.91 Å². The van der Waals surface area contributed by atoms with Crippen molar-refractivity contribution in [2.24, 2.45) is 5.92 Å². The summed E-state index contributed by atoms with van der Waals surface area (Å²) in [6.45, 7) is 3.30. The van der Waals surface area contributed by atoms with Crippen molar-refractivity contribution >= 4 is 11.8 Å². The van der Waals surface area contributed by atoms with E-state index in [1.54, 1.807) is 17.9 Å². The number of carbonyl (C=O) groups excluding carboxylic acids is 2. The van der Waals surface area contributed by atoms with Gasteiger partial charge in [0.25, 0.3) is 5.91 Å². The SMILES string of the molecule is Cc1cc(F)ccc1C(=O)N1C[C@H]2CC[C@@H](C1)N(Cc1ccccc1)C2=O. The topological polar surface area (TPSA) is 40.6 Å². The lowest BCUT2D eigenvalue weighted by atomic mass is 9.93. The van der Waals surface area contributed by atoms with Crippen LogP contribution < -0.4 is 0 Å². The zero-order valence-electron chi connectivity index (χ0n) is 15.4. The van der Waals surface area contributed by atoms with E-state index in [9.17, 15) is 14.0 Å². The fourth-order valence-corrected chi connectivity index (χ4v) is 4.23. The van der Waals surface area contributed by atoms with E-state index in [0.29, 0.717) is 30.8 Å². The normalized spacial score (nSPS) is 22.1. The molecule has 2 aromatic rings. The molecule has 3 fully saturated rings. The van der Waals surface area contributed by atoms with E-state index in [0.717, 1.165) is 18.4 Å². The second kappa shape index (κ2) is 7.14. The van der Waals surface area contributed by atoms with E-state index < -0.39 is 0 Å². The highest BCUT2D eigenvalue weighted by molar-refractivity contribution is 5.96. The van der Waals surface area contributed by atoms with Gasteiger partial charge in [-0.15, -0.1) is 0 Å². The van der Waals surface area contributed by atoms with Gasteiger partial charge in [-0.1, -0.05) is 30.3 Å². The molecule has 4 nitrogen and oxygen atoms in total. The maximum absolute atomic E-state index is 13.4. The molecule has 2 amide bonds. The Bertz CT molecular complexity index is 868. The minimum absolute atomic E-state index is 0.0289. The second-order valence-corrected chi connectivity index (χ2v) is 7.55. The van der Waals surface area contributed by atoms with Gasteiger partial charge in [0.15, 0.2) is 0 Å². The van der Waals surface area contributed by atoms with Crippen LogP contribution in [0.2, 0.25) is 0 Å². The van der Waals surface area contributed by atoms with E-state index >= 15 is 0 Å². The van der Waals surface area contributed by atoms with Crippen LogP contribution in [-0.2, 0) is 11.3 Å². The molecule has 0 saturated carbocycles. The number of nitrogens with zero attached hydrogens (tertiary/aromatic N) is 2. The summed E-state index contributed by atoms with van der Waals surface area (Å²) in [6, 6.07) is 14.2. The Balaban J connectivity index is 1.57. The molecule has 5 rings (SSSR count). The quantitative estimate of drug-likeness (QED) is 0.835. The zero-order chi connectivity index (χ0) is 19.0. The van der Waals surface area contributed by atoms with Crippen LogP contribution in [0, 0.1) is 18.7 Å². The number of hydrogen-bond acceptors (Lipinski definition) is 2. The third-order valence-corrected chi connectivity index (χ3v) is 5.70. The average molecular weight is 366 g/mol. The Hall–Kier alpha value is -2.69. The molecule has 3 heterocycles. The highest BCUT2D eigenvalue weighted by Gasteiger charge is 2.42. The molecular weight excluding hydrogens is 343 g/mol. The van der Waals surface area contributed by atoms with Gasteiger partial charge >= 0.3 is 0 Å². The van der Waals surface area contributed by atoms with Crippen molar-refractivity contribution in [3.8, 4) is 0 Å². The van der Waals surface area contributed by atoms with Crippen molar-refractivity contribution in [2.75, 3.05) is 13.1 Å². The molecule has 3 saturated heterocycles. The molecule has 0 N–H and O–H groups in total. The minimum Gasteiger partial charge on any atom is -0.336 e. The summed E-state index contributed by atoms with van der Waals surface area (Å²) >= 11 is 0. The van der Waals surface area contributed by atoms with E-state index in [1.807, 2.05) is 35.2 Å². The van der Waals surface area contributed by atoms with Crippen molar-refractivity contribution in [2.45, 2.75) is 32.4 Å². The van der Waals surface area contributed by atoms with Gasteiger partial charge < -0.3 is 9.80 Å². The summed E-state index contributed by atoms with van der Waals surface area (Å²) in [7, 11) is 0. The van der Waals surface area contributed by atoms with E-state index in [4.69, 9.17) is 0 Å². The highest BCUT2D eigenvalue weighted by Crippen LogP contribution is 2.31. The molecule has 3 aliphatic rings. The lowest BCUT2D eigenvalue weighted by Crippen LogP contribution is -2.47. The number of rotatable bonds is 3. The molecule has 0 radical (unpaired) electrons. The molecule has 0 aliphatic carbocycles. The van der Waals surface area contributed by atoms with Gasteiger partial charge in [-0.3, -0.25) is 9.59 Å². The van der Waals surface area contributed by atoms with Gasteiger partial charge in [0.1, 0.15) is 5.82 Å². The number of amides is 2. The lowest BCUT2D eigenvalue weighted by molar-refractivity contribution is -0.140. The Kier molecular flexibility index (Phi) is 4.68. The molecule has 3 aliphatic heterocycles. The van der Waals surface area contributed by atoms with Crippen LogP contribution >= 0.6 is 0 Å².